The molecule has 0 aliphatic rings. The molecular weight excluding hydrogens is 266 g/mol. The Morgan fingerprint density at radius 3 is 2.67 bits per heavy atom. The van der Waals surface area contributed by atoms with Gasteiger partial charge in [0.05, 0.1) is 12.6 Å². The fourth-order valence-electron chi connectivity index (χ4n) is 2.23. The highest BCUT2D eigenvalue weighted by atomic mass is 16.2. The second-order valence-corrected chi connectivity index (χ2v) is 4.94. The predicted molar refractivity (Wildman–Crippen MR) is 81.9 cm³/mol. The smallest absolute Gasteiger partial charge is 0.240 e. The van der Waals surface area contributed by atoms with Gasteiger partial charge in [0.1, 0.15) is 6.33 Å². The highest BCUT2D eigenvalue weighted by Crippen LogP contribution is 2.13. The molecule has 1 amide bonds. The lowest BCUT2D eigenvalue weighted by molar-refractivity contribution is -0.120. The van der Waals surface area contributed by atoms with Crippen molar-refractivity contribution in [3.05, 3.63) is 42.5 Å². The van der Waals surface area contributed by atoms with E-state index in [0.29, 0.717) is 6.54 Å². The van der Waals surface area contributed by atoms with Crippen LogP contribution in [0.3, 0.4) is 0 Å². The van der Waals surface area contributed by atoms with Crippen LogP contribution in [0.2, 0.25) is 0 Å². The predicted octanol–water partition coefficient (Wildman–Crippen LogP) is 1.52. The Kier molecular flexibility index (Phi) is 4.92. The molecule has 6 heteroatoms. The number of benzene rings is 1. The molecule has 1 atom stereocenters. The number of aromatic nitrogens is 3. The molecular formula is C15H21N5O. The van der Waals surface area contributed by atoms with E-state index in [1.807, 2.05) is 56.1 Å². The number of anilines is 1. The van der Waals surface area contributed by atoms with Crippen LogP contribution in [-0.4, -0.2) is 33.8 Å². The van der Waals surface area contributed by atoms with Gasteiger partial charge >= 0.3 is 0 Å². The van der Waals surface area contributed by atoms with Crippen molar-refractivity contribution in [1.82, 2.24) is 20.1 Å². The second kappa shape index (κ2) is 6.88. The molecule has 6 nitrogen and oxygen atoms in total. The Morgan fingerprint density at radius 2 is 2.10 bits per heavy atom. The largest absolute Gasteiger partial charge is 0.363 e. The number of likely N-dealkylation sites (N-methyl/N-ethyl adjacent to an activating group) is 1. The molecule has 0 spiro atoms. The quantitative estimate of drug-likeness (QED) is 0.875. The van der Waals surface area contributed by atoms with Crippen LogP contribution in [0.1, 0.15) is 25.7 Å². The summed E-state index contributed by atoms with van der Waals surface area (Å²) in [6, 6.07) is 9.75. The maximum absolute atomic E-state index is 12.2. The summed E-state index contributed by atoms with van der Waals surface area (Å²) in [5.41, 5.74) is 1.04. The zero-order valence-corrected chi connectivity index (χ0v) is 12.7. The number of hydrogen-bond donors (Lipinski definition) is 1. The van der Waals surface area contributed by atoms with Gasteiger partial charge in [-0.15, -0.1) is 10.2 Å². The van der Waals surface area contributed by atoms with E-state index in [9.17, 15) is 4.79 Å². The number of para-hydroxylation sites is 1. The van der Waals surface area contributed by atoms with Gasteiger partial charge in [-0.05, 0) is 26.0 Å². The van der Waals surface area contributed by atoms with Crippen LogP contribution in [0.4, 0.5) is 5.69 Å². The van der Waals surface area contributed by atoms with E-state index in [1.165, 1.54) is 0 Å². The Hall–Kier alpha value is -2.37. The molecule has 2 aromatic rings. The number of hydrogen-bond acceptors (Lipinski definition) is 4. The van der Waals surface area contributed by atoms with Gasteiger partial charge in [0.25, 0.3) is 0 Å². The molecule has 1 aromatic carbocycles. The maximum atomic E-state index is 12.2. The second-order valence-electron chi connectivity index (χ2n) is 4.94. The van der Waals surface area contributed by atoms with Crippen molar-refractivity contribution < 1.29 is 4.79 Å². The summed E-state index contributed by atoms with van der Waals surface area (Å²) in [6.45, 7) is 5.03. The van der Waals surface area contributed by atoms with Crippen LogP contribution in [0.5, 0.6) is 0 Å². The van der Waals surface area contributed by atoms with Gasteiger partial charge < -0.3 is 14.8 Å². The summed E-state index contributed by atoms with van der Waals surface area (Å²) < 4.78 is 1.81. The Labute approximate surface area is 124 Å². The average molecular weight is 287 g/mol. The van der Waals surface area contributed by atoms with Crippen molar-refractivity contribution in [3.63, 3.8) is 0 Å². The number of carbonyl (C=O) groups excluding carboxylic acids is 1. The van der Waals surface area contributed by atoms with Crippen molar-refractivity contribution in [2.75, 3.05) is 18.0 Å². The normalized spacial score (nSPS) is 12.0. The molecule has 0 unspecified atom stereocenters. The van der Waals surface area contributed by atoms with E-state index in [0.717, 1.165) is 18.1 Å². The molecule has 21 heavy (non-hydrogen) atoms. The first kappa shape index (κ1) is 15.0. The summed E-state index contributed by atoms with van der Waals surface area (Å²) in [5, 5.41) is 10.8. The van der Waals surface area contributed by atoms with Crippen LogP contribution in [-0.2, 0) is 11.8 Å². The number of nitrogens with zero attached hydrogens (tertiary/aromatic N) is 4. The van der Waals surface area contributed by atoms with E-state index in [2.05, 4.69) is 15.5 Å². The monoisotopic (exact) mass is 287 g/mol. The molecule has 0 saturated carbocycles. The van der Waals surface area contributed by atoms with Gasteiger partial charge in [0.15, 0.2) is 5.82 Å². The fraction of sp³-hybridized carbons (Fsp3) is 0.400. The minimum absolute atomic E-state index is 0.0313. The minimum Gasteiger partial charge on any atom is -0.363 e. The number of nitrogens with one attached hydrogen (secondary N) is 1. The summed E-state index contributed by atoms with van der Waals surface area (Å²) in [5.74, 6) is 0.710. The molecule has 0 fully saturated rings. The van der Waals surface area contributed by atoms with Crippen molar-refractivity contribution in [2.45, 2.75) is 19.9 Å². The molecule has 0 aliphatic heterocycles. The standard InChI is InChI=1S/C15H21N5O/c1-4-20(13-8-6-5-7-9-13)10-14(21)17-12(2)15-18-16-11-19(15)3/h5-9,11-12H,4,10H2,1-3H3,(H,17,21)/t12-/m0/s1. The molecule has 1 N–H and O–H groups in total. The van der Waals surface area contributed by atoms with E-state index in [1.54, 1.807) is 10.9 Å². The van der Waals surface area contributed by atoms with Crippen LogP contribution in [0, 0.1) is 0 Å². The van der Waals surface area contributed by atoms with Crippen LogP contribution in [0.15, 0.2) is 36.7 Å². The number of rotatable bonds is 6. The molecule has 0 bridgehead atoms. The Balaban J connectivity index is 1.96. The average Bonchev–Trinajstić information content (AvgIpc) is 2.92. The third-order valence-electron chi connectivity index (χ3n) is 3.35. The van der Waals surface area contributed by atoms with Gasteiger partial charge in [-0.25, -0.2) is 0 Å². The fourth-order valence-corrected chi connectivity index (χ4v) is 2.23. The van der Waals surface area contributed by atoms with Crippen LogP contribution >= 0.6 is 0 Å². The first-order valence-corrected chi connectivity index (χ1v) is 7.05. The van der Waals surface area contributed by atoms with E-state index >= 15 is 0 Å². The summed E-state index contributed by atoms with van der Waals surface area (Å²) >= 11 is 0. The topological polar surface area (TPSA) is 63.1 Å². The first-order valence-electron chi connectivity index (χ1n) is 7.05. The molecule has 0 radical (unpaired) electrons. The zero-order valence-electron chi connectivity index (χ0n) is 12.7. The van der Waals surface area contributed by atoms with Crippen molar-refractivity contribution in [3.8, 4) is 0 Å². The lowest BCUT2D eigenvalue weighted by atomic mass is 10.2. The van der Waals surface area contributed by atoms with E-state index < -0.39 is 0 Å². The summed E-state index contributed by atoms with van der Waals surface area (Å²) in [6.07, 6.45) is 1.63. The van der Waals surface area contributed by atoms with Crippen LogP contribution < -0.4 is 10.2 Å². The zero-order chi connectivity index (χ0) is 15.2. The van der Waals surface area contributed by atoms with Gasteiger partial charge in [-0.2, -0.15) is 0 Å². The van der Waals surface area contributed by atoms with E-state index in [4.69, 9.17) is 0 Å². The van der Waals surface area contributed by atoms with Gasteiger partial charge in [-0.3, -0.25) is 4.79 Å². The molecule has 0 aliphatic carbocycles. The highest BCUT2D eigenvalue weighted by molar-refractivity contribution is 5.81. The molecule has 1 aromatic heterocycles. The lowest BCUT2D eigenvalue weighted by Gasteiger charge is -2.23. The third kappa shape index (κ3) is 3.81. The first-order chi connectivity index (χ1) is 10.1. The molecule has 112 valence electrons. The number of amides is 1. The van der Waals surface area contributed by atoms with E-state index in [-0.39, 0.29) is 11.9 Å². The minimum atomic E-state index is -0.167. The van der Waals surface area contributed by atoms with Crippen molar-refractivity contribution >= 4 is 11.6 Å². The lowest BCUT2D eigenvalue weighted by Crippen LogP contribution is -2.38. The third-order valence-corrected chi connectivity index (χ3v) is 3.35. The van der Waals surface area contributed by atoms with Gasteiger partial charge in [-0.1, -0.05) is 18.2 Å². The SMILES string of the molecule is CCN(CC(=O)N[C@@H](C)c1nncn1C)c1ccccc1. The summed E-state index contributed by atoms with van der Waals surface area (Å²) in [4.78, 5) is 14.2. The summed E-state index contributed by atoms with van der Waals surface area (Å²) in [7, 11) is 1.86. The van der Waals surface area contributed by atoms with Crippen LogP contribution in [0.25, 0.3) is 0 Å². The Morgan fingerprint density at radius 1 is 1.38 bits per heavy atom. The van der Waals surface area contributed by atoms with Crippen molar-refractivity contribution in [2.24, 2.45) is 7.05 Å². The number of carbonyl (C=O) groups is 1. The Bertz CT molecular complexity index is 581. The van der Waals surface area contributed by atoms with Gasteiger partial charge in [0, 0.05) is 19.3 Å². The molecule has 1 heterocycles. The van der Waals surface area contributed by atoms with Crippen molar-refractivity contribution in [1.29, 1.82) is 0 Å². The molecule has 0 saturated heterocycles. The maximum Gasteiger partial charge on any atom is 0.240 e. The molecule has 2 rings (SSSR count). The number of aryl methyl sites for hydroxylation is 1. The van der Waals surface area contributed by atoms with Gasteiger partial charge in [0.2, 0.25) is 5.91 Å². The highest BCUT2D eigenvalue weighted by Gasteiger charge is 2.16.